The largest absolute Gasteiger partial charge is 0.435 e. The van der Waals surface area contributed by atoms with Crippen molar-refractivity contribution in [3.8, 4) is 0 Å². The molecule has 0 unspecified atom stereocenters. The summed E-state index contributed by atoms with van der Waals surface area (Å²) in [5, 5.41) is 4.94. The third-order valence-corrected chi connectivity index (χ3v) is 2.05. The number of alkyl halides is 5. The number of hydrogen-bond donors (Lipinski definition) is 1. The molecule has 0 radical (unpaired) electrons. The normalized spacial score (nSPS) is 12.1. The van der Waals surface area contributed by atoms with Crippen molar-refractivity contribution in [2.24, 2.45) is 0 Å². The van der Waals surface area contributed by atoms with Crippen LogP contribution in [0.1, 0.15) is 17.0 Å². The molecule has 1 heterocycles. The highest BCUT2D eigenvalue weighted by Crippen LogP contribution is 2.32. The van der Waals surface area contributed by atoms with Gasteiger partial charge < -0.3 is 0 Å². The van der Waals surface area contributed by atoms with Crippen molar-refractivity contribution in [2.75, 3.05) is 0 Å². The average molecular weight is 261 g/mol. The first-order chi connectivity index (χ1) is 6.00. The minimum atomic E-state index is -4.53. The first-order valence-electron chi connectivity index (χ1n) is 3.26. The molecule has 0 aliphatic heterocycles. The Morgan fingerprint density at radius 3 is 2.38 bits per heavy atom. The molecule has 1 aromatic heterocycles. The number of H-pyrrole nitrogens is 1. The molecule has 0 spiro atoms. The number of aromatic nitrogens is 2. The Bertz CT molecular complexity index is 293. The second-order valence-corrected chi connectivity index (χ2v) is 2.86. The van der Waals surface area contributed by atoms with Gasteiger partial charge in [0.2, 0.25) is 0 Å². The van der Waals surface area contributed by atoms with Crippen LogP contribution < -0.4 is 0 Å². The third kappa shape index (κ3) is 2.01. The monoisotopic (exact) mass is 260 g/mol. The van der Waals surface area contributed by atoms with Gasteiger partial charge in [0.1, 0.15) is 6.67 Å². The summed E-state index contributed by atoms with van der Waals surface area (Å²) in [5.74, 6) is 0. The second-order valence-electron chi connectivity index (χ2n) is 2.29. The van der Waals surface area contributed by atoms with Crippen molar-refractivity contribution in [3.63, 3.8) is 0 Å². The molecule has 0 atom stereocenters. The van der Waals surface area contributed by atoms with Crippen LogP contribution in [-0.2, 0) is 18.2 Å². The van der Waals surface area contributed by atoms with Crippen LogP contribution in [0.25, 0.3) is 0 Å². The minimum absolute atomic E-state index is 0.0718. The lowest BCUT2D eigenvalue weighted by Gasteiger charge is -2.03. The van der Waals surface area contributed by atoms with E-state index in [2.05, 4.69) is 21.0 Å². The van der Waals surface area contributed by atoms with E-state index in [0.717, 1.165) is 0 Å². The molecule has 0 fully saturated rings. The Labute approximate surface area is 79.5 Å². The molecule has 0 saturated carbocycles. The van der Waals surface area contributed by atoms with Crippen molar-refractivity contribution in [3.05, 3.63) is 17.0 Å². The van der Waals surface area contributed by atoms with Crippen LogP contribution in [0.2, 0.25) is 0 Å². The van der Waals surface area contributed by atoms with Gasteiger partial charge in [0.25, 0.3) is 0 Å². The van der Waals surface area contributed by atoms with Crippen LogP contribution in [0.5, 0.6) is 0 Å². The molecule has 1 aromatic rings. The molecule has 1 rings (SSSR count). The molecule has 2 nitrogen and oxygen atoms in total. The number of nitrogens with one attached hydrogen (secondary N) is 1. The predicted octanol–water partition coefficient (Wildman–Crippen LogP) is 2.79. The predicted molar refractivity (Wildman–Crippen MR) is 41.0 cm³/mol. The average Bonchev–Trinajstić information content (AvgIpc) is 2.45. The molecule has 0 aliphatic rings. The summed E-state index contributed by atoms with van der Waals surface area (Å²) in [7, 11) is 0. The van der Waals surface area contributed by atoms with E-state index in [9.17, 15) is 17.6 Å². The van der Waals surface area contributed by atoms with Gasteiger partial charge in [-0.3, -0.25) is 5.10 Å². The van der Waals surface area contributed by atoms with Crippen LogP contribution in [0.3, 0.4) is 0 Å². The maximum absolute atomic E-state index is 12.2. The van der Waals surface area contributed by atoms with E-state index in [4.69, 9.17) is 0 Å². The van der Waals surface area contributed by atoms with Crippen molar-refractivity contribution >= 4 is 15.9 Å². The highest BCUT2D eigenvalue weighted by atomic mass is 79.9. The van der Waals surface area contributed by atoms with E-state index in [-0.39, 0.29) is 16.6 Å². The van der Waals surface area contributed by atoms with Gasteiger partial charge in [0.15, 0.2) is 5.69 Å². The number of hydrogen-bond acceptors (Lipinski definition) is 1. The fraction of sp³-hybridized carbons (Fsp3) is 0.500. The smallest absolute Gasteiger partial charge is 0.279 e. The van der Waals surface area contributed by atoms with E-state index in [1.54, 1.807) is 0 Å². The molecule has 7 heteroatoms. The Morgan fingerprint density at radius 2 is 2.00 bits per heavy atom. The molecular weight excluding hydrogens is 256 g/mol. The zero-order chi connectivity index (χ0) is 10.1. The van der Waals surface area contributed by atoms with Gasteiger partial charge in [-0.05, 0) is 0 Å². The molecule has 13 heavy (non-hydrogen) atoms. The number of rotatable bonds is 2. The highest BCUT2D eigenvalue weighted by molar-refractivity contribution is 9.08. The summed E-state index contributed by atoms with van der Waals surface area (Å²) in [6, 6.07) is 0. The lowest BCUT2D eigenvalue weighted by Crippen LogP contribution is -2.08. The number of halogens is 5. The Morgan fingerprint density at radius 1 is 1.38 bits per heavy atom. The van der Waals surface area contributed by atoms with Crippen molar-refractivity contribution in [1.29, 1.82) is 0 Å². The van der Waals surface area contributed by atoms with Crippen LogP contribution >= 0.6 is 15.9 Å². The zero-order valence-corrected chi connectivity index (χ0v) is 7.84. The summed E-state index contributed by atoms with van der Waals surface area (Å²) < 4.78 is 48.6. The Hall–Kier alpha value is -0.590. The van der Waals surface area contributed by atoms with E-state index >= 15 is 0 Å². The first-order valence-corrected chi connectivity index (χ1v) is 4.38. The lowest BCUT2D eigenvalue weighted by atomic mass is 10.2. The van der Waals surface area contributed by atoms with Crippen LogP contribution in [0.15, 0.2) is 0 Å². The van der Waals surface area contributed by atoms with E-state index in [1.165, 1.54) is 0 Å². The molecule has 0 amide bonds. The highest BCUT2D eigenvalue weighted by Gasteiger charge is 2.37. The van der Waals surface area contributed by atoms with Crippen LogP contribution in [-0.4, -0.2) is 10.2 Å². The Balaban J connectivity index is 3.16. The van der Waals surface area contributed by atoms with Gasteiger partial charge in [-0.2, -0.15) is 18.3 Å². The third-order valence-electron chi connectivity index (χ3n) is 1.49. The molecule has 0 bridgehead atoms. The van der Waals surface area contributed by atoms with E-state index < -0.39 is 18.5 Å². The summed E-state index contributed by atoms with van der Waals surface area (Å²) in [6.07, 6.45) is -4.53. The number of nitrogens with zero attached hydrogens (tertiary/aromatic N) is 1. The molecule has 0 aliphatic carbocycles. The second kappa shape index (κ2) is 3.65. The van der Waals surface area contributed by atoms with Crippen LogP contribution in [0.4, 0.5) is 17.6 Å². The molecule has 0 saturated heterocycles. The molecular formula is C6H5BrF4N2. The van der Waals surface area contributed by atoms with Gasteiger partial charge in [-0.15, -0.1) is 0 Å². The summed E-state index contributed by atoms with van der Waals surface area (Å²) in [6.45, 7) is -0.982. The zero-order valence-electron chi connectivity index (χ0n) is 6.25. The van der Waals surface area contributed by atoms with Gasteiger partial charge in [-0.1, -0.05) is 15.9 Å². The van der Waals surface area contributed by atoms with Gasteiger partial charge in [0, 0.05) is 10.9 Å². The summed E-state index contributed by atoms with van der Waals surface area (Å²) in [5.41, 5.74) is -1.36. The summed E-state index contributed by atoms with van der Waals surface area (Å²) >= 11 is 2.84. The molecule has 74 valence electrons. The maximum Gasteiger partial charge on any atom is 0.435 e. The quantitative estimate of drug-likeness (QED) is 0.643. The van der Waals surface area contributed by atoms with Gasteiger partial charge in [-0.25, -0.2) is 4.39 Å². The van der Waals surface area contributed by atoms with Crippen molar-refractivity contribution < 1.29 is 17.6 Å². The van der Waals surface area contributed by atoms with Gasteiger partial charge >= 0.3 is 6.18 Å². The van der Waals surface area contributed by atoms with Crippen molar-refractivity contribution in [1.82, 2.24) is 10.2 Å². The first kappa shape index (κ1) is 10.5. The topological polar surface area (TPSA) is 28.7 Å². The van der Waals surface area contributed by atoms with Gasteiger partial charge in [0.05, 0.1) is 5.69 Å². The SMILES string of the molecule is FCc1[nH]nc(C(F)(F)F)c1CBr. The lowest BCUT2D eigenvalue weighted by molar-refractivity contribution is -0.141. The molecule has 0 aromatic carbocycles. The Kier molecular flexibility index (Phi) is 2.94. The fourth-order valence-corrected chi connectivity index (χ4v) is 1.49. The van der Waals surface area contributed by atoms with Crippen LogP contribution in [0, 0.1) is 0 Å². The van der Waals surface area contributed by atoms with Crippen molar-refractivity contribution in [2.45, 2.75) is 18.2 Å². The number of aromatic amines is 1. The van der Waals surface area contributed by atoms with E-state index in [0.29, 0.717) is 0 Å². The fourth-order valence-electron chi connectivity index (χ4n) is 0.890. The standard InChI is InChI=1S/C6H5BrF4N2/c7-1-3-4(2-8)12-13-5(3)6(9,10)11/h1-2H2,(H,12,13). The minimum Gasteiger partial charge on any atom is -0.279 e. The summed E-state index contributed by atoms with van der Waals surface area (Å²) in [4.78, 5) is 0. The molecule has 1 N–H and O–H groups in total. The maximum atomic E-state index is 12.2. The van der Waals surface area contributed by atoms with E-state index in [1.807, 2.05) is 5.10 Å².